The third-order valence-electron chi connectivity index (χ3n) is 5.30. The molecule has 5 rings (SSSR count). The average molecular weight is 435 g/mol. The number of aromatic carboxylic acids is 1. The molecule has 0 radical (unpaired) electrons. The molecule has 6 heteroatoms. The smallest absolute Gasteiger partial charge is 0.371 e. The van der Waals surface area contributed by atoms with E-state index < -0.39 is 5.97 Å². The van der Waals surface area contributed by atoms with Gasteiger partial charge in [0, 0.05) is 40.3 Å². The van der Waals surface area contributed by atoms with Gasteiger partial charge in [0.15, 0.2) is 0 Å². The predicted molar refractivity (Wildman–Crippen MR) is 130 cm³/mol. The third kappa shape index (κ3) is 4.55. The van der Waals surface area contributed by atoms with Gasteiger partial charge in [0.25, 0.3) is 0 Å². The van der Waals surface area contributed by atoms with Crippen molar-refractivity contribution >= 4 is 40.1 Å². The molecule has 0 saturated carbocycles. The quantitative estimate of drug-likeness (QED) is 0.287. The fraction of sp³-hybridized carbons (Fsp3) is 0.0370. The minimum Gasteiger partial charge on any atom is -0.475 e. The second-order valence-corrected chi connectivity index (χ2v) is 7.60. The van der Waals surface area contributed by atoms with E-state index in [1.807, 2.05) is 95.8 Å². The molecule has 2 heterocycles. The van der Waals surface area contributed by atoms with Gasteiger partial charge in [-0.05, 0) is 54.6 Å². The molecule has 2 N–H and O–H groups in total. The first-order chi connectivity index (χ1) is 16.2. The lowest BCUT2D eigenvalue weighted by Crippen LogP contribution is -1.97. The lowest BCUT2D eigenvalue weighted by Gasteiger charge is -2.05. The summed E-state index contributed by atoms with van der Waals surface area (Å²) in [6.07, 6.45) is 3.85. The SMILES string of the molecule is O=C(O)c1ccc(Cn2cc(C=Nc3ccc(Nc4ccccc4)cc3)c3ccccc32)o1. The summed E-state index contributed by atoms with van der Waals surface area (Å²) in [5.41, 5.74) is 4.88. The molecule has 0 fully saturated rings. The highest BCUT2D eigenvalue weighted by molar-refractivity contribution is 6.00. The highest BCUT2D eigenvalue weighted by Gasteiger charge is 2.12. The Hall–Kier alpha value is -4.58. The van der Waals surface area contributed by atoms with Gasteiger partial charge in [-0.15, -0.1) is 0 Å². The van der Waals surface area contributed by atoms with Crippen LogP contribution in [0.2, 0.25) is 0 Å². The van der Waals surface area contributed by atoms with Gasteiger partial charge in [-0.1, -0.05) is 36.4 Å². The van der Waals surface area contributed by atoms with Crippen LogP contribution in [0.1, 0.15) is 21.9 Å². The zero-order valence-electron chi connectivity index (χ0n) is 17.7. The van der Waals surface area contributed by atoms with Gasteiger partial charge in [-0.2, -0.15) is 0 Å². The number of anilines is 2. The highest BCUT2D eigenvalue weighted by atomic mass is 16.4. The first kappa shape index (κ1) is 20.3. The summed E-state index contributed by atoms with van der Waals surface area (Å²) >= 11 is 0. The number of carbonyl (C=O) groups is 1. The van der Waals surface area contributed by atoms with Gasteiger partial charge in [-0.25, -0.2) is 4.79 Å². The molecule has 2 aromatic heterocycles. The van der Waals surface area contributed by atoms with E-state index >= 15 is 0 Å². The molecule has 0 aliphatic carbocycles. The predicted octanol–water partition coefficient (Wildman–Crippen LogP) is 6.48. The highest BCUT2D eigenvalue weighted by Crippen LogP contribution is 2.24. The van der Waals surface area contributed by atoms with E-state index in [-0.39, 0.29) is 5.76 Å². The molecule has 3 aromatic carbocycles. The van der Waals surface area contributed by atoms with Crippen molar-refractivity contribution in [3.63, 3.8) is 0 Å². The van der Waals surface area contributed by atoms with E-state index in [4.69, 9.17) is 9.52 Å². The van der Waals surface area contributed by atoms with E-state index in [1.165, 1.54) is 6.07 Å². The topological polar surface area (TPSA) is 79.8 Å². The number of carboxylic acids is 1. The maximum Gasteiger partial charge on any atom is 0.371 e. The zero-order valence-corrected chi connectivity index (χ0v) is 17.7. The molecule has 0 aliphatic heterocycles. The zero-order chi connectivity index (χ0) is 22.6. The monoisotopic (exact) mass is 435 g/mol. The maximum atomic E-state index is 11.1. The summed E-state index contributed by atoms with van der Waals surface area (Å²) in [7, 11) is 0. The van der Waals surface area contributed by atoms with Crippen LogP contribution in [-0.4, -0.2) is 21.9 Å². The third-order valence-corrected chi connectivity index (χ3v) is 5.30. The van der Waals surface area contributed by atoms with Gasteiger partial charge in [0.05, 0.1) is 12.2 Å². The first-order valence-corrected chi connectivity index (χ1v) is 10.5. The second-order valence-electron chi connectivity index (χ2n) is 7.60. The van der Waals surface area contributed by atoms with Crippen molar-refractivity contribution in [1.29, 1.82) is 0 Å². The molecule has 0 unspecified atom stereocenters. The summed E-state index contributed by atoms with van der Waals surface area (Å²) in [5.74, 6) is -0.553. The van der Waals surface area contributed by atoms with Gasteiger partial charge >= 0.3 is 5.97 Å². The number of aromatic nitrogens is 1. The molecule has 162 valence electrons. The van der Waals surface area contributed by atoms with Crippen LogP contribution in [-0.2, 0) is 6.54 Å². The van der Waals surface area contributed by atoms with Crippen LogP contribution in [0.5, 0.6) is 0 Å². The van der Waals surface area contributed by atoms with E-state index in [9.17, 15) is 4.79 Å². The lowest BCUT2D eigenvalue weighted by molar-refractivity contribution is 0.0660. The fourth-order valence-electron chi connectivity index (χ4n) is 3.72. The van der Waals surface area contributed by atoms with E-state index in [1.54, 1.807) is 6.07 Å². The first-order valence-electron chi connectivity index (χ1n) is 10.5. The molecule has 0 bridgehead atoms. The van der Waals surface area contributed by atoms with Gasteiger partial charge in [0.2, 0.25) is 5.76 Å². The Balaban J connectivity index is 1.37. The number of benzene rings is 3. The van der Waals surface area contributed by atoms with E-state index in [2.05, 4.69) is 10.3 Å². The Labute approximate surface area is 190 Å². The minimum atomic E-state index is -1.07. The number of nitrogens with one attached hydrogen (secondary N) is 1. The largest absolute Gasteiger partial charge is 0.475 e. The molecule has 33 heavy (non-hydrogen) atoms. The number of para-hydroxylation sites is 2. The Bertz CT molecular complexity index is 1430. The van der Waals surface area contributed by atoms with Crippen molar-refractivity contribution < 1.29 is 14.3 Å². The van der Waals surface area contributed by atoms with Crippen molar-refractivity contribution in [3.8, 4) is 0 Å². The van der Waals surface area contributed by atoms with Crippen LogP contribution < -0.4 is 5.32 Å². The summed E-state index contributed by atoms with van der Waals surface area (Å²) in [6.45, 7) is 0.432. The Morgan fingerprint density at radius 3 is 2.39 bits per heavy atom. The van der Waals surface area contributed by atoms with E-state index in [0.717, 1.165) is 33.5 Å². The van der Waals surface area contributed by atoms with Crippen LogP contribution in [0.15, 0.2) is 107 Å². The van der Waals surface area contributed by atoms with Crippen molar-refractivity contribution in [2.75, 3.05) is 5.32 Å². The van der Waals surface area contributed by atoms with Crippen LogP contribution >= 0.6 is 0 Å². The number of hydrogen-bond acceptors (Lipinski definition) is 4. The standard InChI is InChI=1S/C27H21N3O3/c31-27(32)26-15-14-23(33-26)18-30-17-19(24-8-4-5-9-25(24)30)16-28-20-10-12-22(13-11-20)29-21-6-2-1-3-7-21/h1-17,29H,18H2,(H,31,32). The summed E-state index contributed by atoms with van der Waals surface area (Å²) in [4.78, 5) is 15.7. The molecule has 0 saturated heterocycles. The van der Waals surface area contributed by atoms with Crippen LogP contribution in [0.25, 0.3) is 10.9 Å². The lowest BCUT2D eigenvalue weighted by atomic mass is 10.2. The van der Waals surface area contributed by atoms with Gasteiger partial charge in [0.1, 0.15) is 5.76 Å². The molecule has 6 nitrogen and oxygen atoms in total. The average Bonchev–Trinajstić information content (AvgIpc) is 3.45. The number of nitrogens with zero attached hydrogens (tertiary/aromatic N) is 2. The Morgan fingerprint density at radius 2 is 1.64 bits per heavy atom. The van der Waals surface area contributed by atoms with Crippen molar-refractivity contribution in [3.05, 3.63) is 114 Å². The number of fused-ring (bicyclic) bond motifs is 1. The minimum absolute atomic E-state index is 0.0616. The number of carboxylic acid groups (broad SMARTS) is 1. The van der Waals surface area contributed by atoms with Crippen LogP contribution in [0, 0.1) is 0 Å². The fourth-order valence-corrected chi connectivity index (χ4v) is 3.72. The summed E-state index contributed by atoms with van der Waals surface area (Å²) in [6, 6.07) is 29.2. The summed E-state index contributed by atoms with van der Waals surface area (Å²) < 4.78 is 7.47. The number of furan rings is 1. The Morgan fingerprint density at radius 1 is 0.909 bits per heavy atom. The molecule has 0 amide bonds. The second kappa shape index (κ2) is 8.88. The summed E-state index contributed by atoms with van der Waals surface area (Å²) in [5, 5.41) is 13.5. The molecular weight excluding hydrogens is 414 g/mol. The van der Waals surface area contributed by atoms with Gasteiger partial charge < -0.3 is 19.4 Å². The molecule has 0 spiro atoms. The van der Waals surface area contributed by atoms with Gasteiger partial charge in [-0.3, -0.25) is 4.99 Å². The number of aliphatic imine (C=N–C) groups is 1. The van der Waals surface area contributed by atoms with Crippen molar-refractivity contribution in [1.82, 2.24) is 4.57 Å². The molecular formula is C27H21N3O3. The van der Waals surface area contributed by atoms with Crippen molar-refractivity contribution in [2.24, 2.45) is 4.99 Å². The van der Waals surface area contributed by atoms with Crippen LogP contribution in [0.4, 0.5) is 17.1 Å². The Kier molecular flexibility index (Phi) is 5.47. The van der Waals surface area contributed by atoms with Crippen LogP contribution in [0.3, 0.4) is 0 Å². The normalized spacial score (nSPS) is 11.3. The molecule has 0 atom stereocenters. The number of hydrogen-bond donors (Lipinski definition) is 2. The molecule has 5 aromatic rings. The van der Waals surface area contributed by atoms with Crippen molar-refractivity contribution in [2.45, 2.75) is 6.54 Å². The molecule has 0 aliphatic rings. The maximum absolute atomic E-state index is 11.1. The van der Waals surface area contributed by atoms with E-state index in [0.29, 0.717) is 12.3 Å². The number of rotatable bonds is 7.